The molecule has 1 heterocycles. The van der Waals surface area contributed by atoms with E-state index in [0.29, 0.717) is 19.0 Å². The number of hydrogen-bond donors (Lipinski definition) is 2. The number of nitrogens with two attached hydrogens (primary N) is 1. The second-order valence-corrected chi connectivity index (χ2v) is 4.00. The van der Waals surface area contributed by atoms with E-state index in [4.69, 9.17) is 11.1 Å². The van der Waals surface area contributed by atoms with Gasteiger partial charge in [-0.25, -0.2) is 9.97 Å². The van der Waals surface area contributed by atoms with Gasteiger partial charge in [0.05, 0.1) is 12.4 Å². The normalized spacial score (nSPS) is 11.0. The van der Waals surface area contributed by atoms with E-state index in [0.717, 1.165) is 12.4 Å². The van der Waals surface area contributed by atoms with E-state index in [1.54, 1.807) is 18.5 Å². The average molecular weight is 221 g/mol. The van der Waals surface area contributed by atoms with Crippen molar-refractivity contribution in [1.82, 2.24) is 14.9 Å². The first-order valence-corrected chi connectivity index (χ1v) is 5.42. The number of rotatable bonds is 6. The lowest BCUT2D eigenvalue weighted by molar-refractivity contribution is 0.213. The van der Waals surface area contributed by atoms with Gasteiger partial charge in [0.15, 0.2) is 0 Å². The van der Waals surface area contributed by atoms with E-state index in [1.807, 2.05) is 0 Å². The van der Waals surface area contributed by atoms with Crippen LogP contribution in [-0.2, 0) is 6.54 Å². The largest absolute Gasteiger partial charge is 0.388 e. The maximum absolute atomic E-state index is 7.23. The highest BCUT2D eigenvalue weighted by atomic mass is 15.2. The number of amidine groups is 1. The van der Waals surface area contributed by atoms with Gasteiger partial charge in [-0.15, -0.1) is 0 Å². The molecule has 1 aromatic rings. The third-order valence-electron chi connectivity index (χ3n) is 2.36. The molecule has 5 heteroatoms. The van der Waals surface area contributed by atoms with E-state index in [2.05, 4.69) is 28.7 Å². The van der Waals surface area contributed by atoms with Crippen LogP contribution in [0.2, 0.25) is 0 Å². The molecule has 3 N–H and O–H groups in total. The van der Waals surface area contributed by atoms with Gasteiger partial charge in [0, 0.05) is 31.4 Å². The molecule has 0 saturated carbocycles. The van der Waals surface area contributed by atoms with Crippen LogP contribution < -0.4 is 5.73 Å². The molecule has 0 aliphatic rings. The average Bonchev–Trinajstić information content (AvgIpc) is 2.25. The van der Waals surface area contributed by atoms with Crippen molar-refractivity contribution in [1.29, 1.82) is 5.41 Å². The fourth-order valence-electron chi connectivity index (χ4n) is 1.38. The summed E-state index contributed by atoms with van der Waals surface area (Å²) in [5.41, 5.74) is 5.36. The summed E-state index contributed by atoms with van der Waals surface area (Å²) in [7, 11) is 0. The Hall–Kier alpha value is -1.49. The monoisotopic (exact) mass is 221 g/mol. The first-order valence-electron chi connectivity index (χ1n) is 5.42. The fraction of sp³-hybridized carbons (Fsp3) is 0.545. The third-order valence-corrected chi connectivity index (χ3v) is 2.36. The SMILES string of the molecule is CC(C)N(CCC(=N)N)Cc1ncccn1. The van der Waals surface area contributed by atoms with Gasteiger partial charge in [0.1, 0.15) is 5.82 Å². The molecule has 0 aliphatic heterocycles. The van der Waals surface area contributed by atoms with Gasteiger partial charge in [-0.05, 0) is 19.9 Å². The molecule has 0 spiro atoms. The Morgan fingerprint density at radius 1 is 1.44 bits per heavy atom. The maximum Gasteiger partial charge on any atom is 0.142 e. The van der Waals surface area contributed by atoms with Crippen molar-refractivity contribution in [3.63, 3.8) is 0 Å². The van der Waals surface area contributed by atoms with Crippen LogP contribution in [0.3, 0.4) is 0 Å². The first-order chi connectivity index (χ1) is 7.59. The van der Waals surface area contributed by atoms with E-state index >= 15 is 0 Å². The van der Waals surface area contributed by atoms with Crippen molar-refractivity contribution in [2.45, 2.75) is 32.9 Å². The van der Waals surface area contributed by atoms with Crippen molar-refractivity contribution in [3.8, 4) is 0 Å². The van der Waals surface area contributed by atoms with E-state index in [1.165, 1.54) is 0 Å². The zero-order valence-corrected chi connectivity index (χ0v) is 9.85. The molecule has 0 unspecified atom stereocenters. The molecule has 88 valence electrons. The molecule has 0 saturated heterocycles. The molecule has 0 amide bonds. The third kappa shape index (κ3) is 4.35. The molecule has 1 rings (SSSR count). The highest BCUT2D eigenvalue weighted by Crippen LogP contribution is 2.04. The Bertz CT molecular complexity index is 322. The molecule has 0 aliphatic carbocycles. The molecule has 1 aromatic heterocycles. The number of aromatic nitrogens is 2. The molecular formula is C11H19N5. The summed E-state index contributed by atoms with van der Waals surface area (Å²) in [6.07, 6.45) is 4.07. The fourth-order valence-corrected chi connectivity index (χ4v) is 1.38. The Labute approximate surface area is 96.2 Å². The number of nitrogens with one attached hydrogen (secondary N) is 1. The highest BCUT2D eigenvalue weighted by molar-refractivity contribution is 5.76. The van der Waals surface area contributed by atoms with Gasteiger partial charge in [0.25, 0.3) is 0 Å². The van der Waals surface area contributed by atoms with E-state index < -0.39 is 0 Å². The second kappa shape index (κ2) is 6.17. The van der Waals surface area contributed by atoms with Crippen LogP contribution in [0, 0.1) is 5.41 Å². The smallest absolute Gasteiger partial charge is 0.142 e. The van der Waals surface area contributed by atoms with Gasteiger partial charge in [0.2, 0.25) is 0 Å². The van der Waals surface area contributed by atoms with Crippen LogP contribution in [0.1, 0.15) is 26.1 Å². The minimum Gasteiger partial charge on any atom is -0.388 e. The molecule has 0 radical (unpaired) electrons. The van der Waals surface area contributed by atoms with Crippen molar-refractivity contribution in [2.24, 2.45) is 5.73 Å². The Kier molecular flexibility index (Phi) is 4.85. The van der Waals surface area contributed by atoms with Crippen LogP contribution in [0.5, 0.6) is 0 Å². The molecule has 0 aromatic carbocycles. The zero-order chi connectivity index (χ0) is 12.0. The first kappa shape index (κ1) is 12.6. The van der Waals surface area contributed by atoms with Crippen LogP contribution in [0.4, 0.5) is 0 Å². The van der Waals surface area contributed by atoms with E-state index in [9.17, 15) is 0 Å². The minimum atomic E-state index is 0.222. The van der Waals surface area contributed by atoms with Gasteiger partial charge in [-0.3, -0.25) is 10.3 Å². The van der Waals surface area contributed by atoms with Crippen molar-refractivity contribution < 1.29 is 0 Å². The molecule has 0 bridgehead atoms. The minimum absolute atomic E-state index is 0.222. The standard InChI is InChI=1S/C11H19N5/c1-9(2)16(7-4-10(12)13)8-11-14-5-3-6-15-11/h3,5-6,9H,4,7-8H2,1-2H3,(H3,12,13). The Morgan fingerprint density at radius 3 is 2.56 bits per heavy atom. The van der Waals surface area contributed by atoms with E-state index in [-0.39, 0.29) is 5.84 Å². The second-order valence-electron chi connectivity index (χ2n) is 4.00. The Morgan fingerprint density at radius 2 is 2.06 bits per heavy atom. The van der Waals surface area contributed by atoms with Crippen LogP contribution in [0.15, 0.2) is 18.5 Å². The topological polar surface area (TPSA) is 78.9 Å². The van der Waals surface area contributed by atoms with Crippen LogP contribution in [0.25, 0.3) is 0 Å². The molecular weight excluding hydrogens is 202 g/mol. The predicted octanol–water partition coefficient (Wildman–Crippen LogP) is 1.01. The quantitative estimate of drug-likeness (QED) is 0.555. The summed E-state index contributed by atoms with van der Waals surface area (Å²) in [4.78, 5) is 10.6. The molecule has 5 nitrogen and oxygen atoms in total. The van der Waals surface area contributed by atoms with Crippen LogP contribution in [-0.4, -0.2) is 33.3 Å². The van der Waals surface area contributed by atoms with Crippen molar-refractivity contribution in [2.75, 3.05) is 6.54 Å². The predicted molar refractivity (Wildman–Crippen MR) is 64.1 cm³/mol. The van der Waals surface area contributed by atoms with Crippen molar-refractivity contribution in [3.05, 3.63) is 24.3 Å². The molecule has 16 heavy (non-hydrogen) atoms. The summed E-state index contributed by atoms with van der Waals surface area (Å²) in [5.74, 6) is 1.03. The van der Waals surface area contributed by atoms with Crippen molar-refractivity contribution >= 4 is 5.84 Å². The van der Waals surface area contributed by atoms with Crippen LogP contribution >= 0.6 is 0 Å². The molecule has 0 fully saturated rings. The van der Waals surface area contributed by atoms with Gasteiger partial charge in [-0.1, -0.05) is 0 Å². The summed E-state index contributed by atoms with van der Waals surface area (Å²) < 4.78 is 0. The lowest BCUT2D eigenvalue weighted by Crippen LogP contribution is -2.33. The summed E-state index contributed by atoms with van der Waals surface area (Å²) >= 11 is 0. The molecule has 0 atom stereocenters. The number of hydrogen-bond acceptors (Lipinski definition) is 4. The van der Waals surface area contributed by atoms with Gasteiger partial charge < -0.3 is 5.73 Å². The van der Waals surface area contributed by atoms with Gasteiger partial charge >= 0.3 is 0 Å². The zero-order valence-electron chi connectivity index (χ0n) is 9.85. The highest BCUT2D eigenvalue weighted by Gasteiger charge is 2.11. The lowest BCUT2D eigenvalue weighted by atomic mass is 10.2. The number of nitrogens with zero attached hydrogens (tertiary/aromatic N) is 3. The maximum atomic E-state index is 7.23. The van der Waals surface area contributed by atoms with Gasteiger partial charge in [-0.2, -0.15) is 0 Å². The summed E-state index contributed by atoms with van der Waals surface area (Å²) in [6, 6.07) is 2.20. The lowest BCUT2D eigenvalue weighted by Gasteiger charge is -2.25. The summed E-state index contributed by atoms with van der Waals surface area (Å²) in [6.45, 7) is 5.70. The summed E-state index contributed by atoms with van der Waals surface area (Å²) in [5, 5.41) is 7.23. The Balaban J connectivity index is 2.54.